The number of halogens is 2. The molecule has 7 heteroatoms. The first-order valence-electron chi connectivity index (χ1n) is 8.11. The van der Waals surface area contributed by atoms with Gasteiger partial charge in [0.2, 0.25) is 0 Å². The van der Waals surface area contributed by atoms with Crippen LogP contribution in [0.1, 0.15) is 55.4 Å². The van der Waals surface area contributed by atoms with Crippen molar-refractivity contribution in [3.63, 3.8) is 0 Å². The van der Waals surface area contributed by atoms with Gasteiger partial charge >= 0.3 is 33.3 Å². The van der Waals surface area contributed by atoms with Crippen molar-refractivity contribution in [2.75, 3.05) is 13.2 Å². The summed E-state index contributed by atoms with van der Waals surface area (Å²) in [7, 11) is 9.53. The monoisotopic (exact) mass is 420 g/mol. The second-order valence-corrected chi connectivity index (χ2v) is 10.8. The molecular weight excluding hydrogens is 391 g/mol. The first kappa shape index (κ1) is 22.1. The van der Waals surface area contributed by atoms with Crippen molar-refractivity contribution >= 4 is 32.0 Å². The number of hydrogen-bond donors (Lipinski definition) is 0. The predicted molar refractivity (Wildman–Crippen MR) is 98.7 cm³/mol. The second-order valence-electron chi connectivity index (χ2n) is 8.93. The van der Waals surface area contributed by atoms with Crippen molar-refractivity contribution in [1.82, 2.24) is 0 Å². The first-order chi connectivity index (χ1) is 10.8. The van der Waals surface area contributed by atoms with E-state index in [0.29, 0.717) is 13.2 Å². The molecule has 0 aromatic rings. The summed E-state index contributed by atoms with van der Waals surface area (Å²) in [6, 6.07) is 0.402. The van der Waals surface area contributed by atoms with E-state index < -0.39 is 0 Å². The summed E-state index contributed by atoms with van der Waals surface area (Å²) in [5.74, 6) is 1.52. The van der Waals surface area contributed by atoms with Crippen LogP contribution in [-0.4, -0.2) is 37.1 Å². The van der Waals surface area contributed by atoms with Crippen LogP contribution in [0.5, 0.6) is 0 Å². The van der Waals surface area contributed by atoms with Gasteiger partial charge in [-0.3, -0.25) is 0 Å². The molecule has 0 spiro atoms. The van der Waals surface area contributed by atoms with Gasteiger partial charge in [-0.1, -0.05) is 41.5 Å². The molecule has 2 rings (SSSR count). The zero-order chi connectivity index (χ0) is 18.8. The van der Waals surface area contributed by atoms with Crippen molar-refractivity contribution in [3.8, 4) is 0 Å². The number of rotatable bonds is 2. The molecule has 2 heterocycles. The van der Waals surface area contributed by atoms with E-state index in [1.54, 1.807) is 0 Å². The maximum absolute atomic E-state index is 5.88. The molecule has 2 atom stereocenters. The van der Waals surface area contributed by atoms with Crippen molar-refractivity contribution in [3.05, 3.63) is 0 Å². The van der Waals surface area contributed by atoms with Gasteiger partial charge in [-0.05, 0) is 24.7 Å². The SMILES string of the molecule is CC(C)(C1=NC(C(C)(C)C)CO1)C1=NC(C(C)(C)C)CO1.[Cl][Fe][Cl]. The Morgan fingerprint density at radius 3 is 1.29 bits per heavy atom. The summed E-state index contributed by atoms with van der Waals surface area (Å²) in [5.41, 5.74) is -0.158. The van der Waals surface area contributed by atoms with Gasteiger partial charge in [-0.15, -0.1) is 0 Å². The molecule has 24 heavy (non-hydrogen) atoms. The fourth-order valence-electron chi connectivity index (χ4n) is 2.41. The van der Waals surface area contributed by atoms with Crippen LogP contribution in [0, 0.1) is 16.2 Å². The molecule has 0 radical (unpaired) electrons. The summed E-state index contributed by atoms with van der Waals surface area (Å²) in [4.78, 5) is 9.59. The summed E-state index contributed by atoms with van der Waals surface area (Å²) >= 11 is 0.194. The molecule has 0 aromatic carbocycles. The molecule has 0 saturated heterocycles. The molecule has 2 unspecified atom stereocenters. The van der Waals surface area contributed by atoms with E-state index in [-0.39, 0.29) is 41.5 Å². The molecule has 0 N–H and O–H groups in total. The third kappa shape index (κ3) is 5.52. The molecule has 0 aromatic heterocycles. The van der Waals surface area contributed by atoms with Crippen LogP contribution in [0.2, 0.25) is 0 Å². The molecule has 0 saturated carbocycles. The minimum atomic E-state index is -0.389. The molecule has 2 aliphatic heterocycles. The van der Waals surface area contributed by atoms with Gasteiger partial charge in [-0.25, -0.2) is 9.98 Å². The fourth-order valence-corrected chi connectivity index (χ4v) is 2.41. The Morgan fingerprint density at radius 1 is 0.792 bits per heavy atom. The van der Waals surface area contributed by atoms with E-state index in [1.807, 2.05) is 0 Å². The van der Waals surface area contributed by atoms with Crippen molar-refractivity contribution in [1.29, 1.82) is 0 Å². The molecule has 4 nitrogen and oxygen atoms in total. The standard InChI is InChI=1S/C17H30N2O2.2ClH.Fe/c1-15(2,3)11-9-20-13(18-11)17(7,8)14-19-12(10-21-14)16(4,5)6;;;/h11-12H,9-10H2,1-8H3;2*1H;/q;;;+2/p-2. The second kappa shape index (κ2) is 8.16. The van der Waals surface area contributed by atoms with E-state index >= 15 is 0 Å². The van der Waals surface area contributed by atoms with E-state index in [0.717, 1.165) is 11.8 Å². The molecule has 0 fully saturated rings. The molecule has 2 aliphatic rings. The first-order valence-corrected chi connectivity index (χ1v) is 11.1. The molecular formula is C17H30Cl2FeN2O2. The zero-order valence-corrected chi connectivity index (χ0v) is 18.5. The van der Waals surface area contributed by atoms with Gasteiger partial charge in [0.05, 0.1) is 12.1 Å². The van der Waals surface area contributed by atoms with Crippen LogP contribution >= 0.6 is 20.2 Å². The van der Waals surface area contributed by atoms with E-state index in [4.69, 9.17) is 39.7 Å². The molecule has 0 aliphatic carbocycles. The topological polar surface area (TPSA) is 43.2 Å². The number of aliphatic imine (C=N–C) groups is 2. The number of ether oxygens (including phenoxy) is 2. The van der Waals surface area contributed by atoms with Gasteiger partial charge in [0, 0.05) is 0 Å². The van der Waals surface area contributed by atoms with Crippen LogP contribution in [0.15, 0.2) is 9.98 Å². The Morgan fingerprint density at radius 2 is 1.08 bits per heavy atom. The van der Waals surface area contributed by atoms with Gasteiger partial charge in [0.1, 0.15) is 18.6 Å². The van der Waals surface area contributed by atoms with Crippen molar-refractivity contribution in [2.24, 2.45) is 26.2 Å². The Hall–Kier alpha value is 0.0395. The average molecular weight is 421 g/mol. The summed E-state index contributed by atoms with van der Waals surface area (Å²) in [5, 5.41) is 0. The van der Waals surface area contributed by atoms with Crippen molar-refractivity contribution in [2.45, 2.75) is 67.5 Å². The van der Waals surface area contributed by atoms with Crippen LogP contribution in [-0.2, 0) is 22.6 Å². The van der Waals surface area contributed by atoms with Gasteiger partial charge < -0.3 is 9.47 Å². The third-order valence-electron chi connectivity index (χ3n) is 4.37. The van der Waals surface area contributed by atoms with Gasteiger partial charge in [-0.2, -0.15) is 0 Å². The van der Waals surface area contributed by atoms with E-state index in [1.165, 1.54) is 0 Å². The van der Waals surface area contributed by atoms with Crippen LogP contribution < -0.4 is 0 Å². The summed E-state index contributed by atoms with van der Waals surface area (Å²) in [6.07, 6.45) is 0. The Balaban J connectivity index is 0.000000891. The van der Waals surface area contributed by atoms with Gasteiger partial charge in [0.15, 0.2) is 11.8 Å². The Labute approximate surface area is 161 Å². The van der Waals surface area contributed by atoms with E-state index in [9.17, 15) is 0 Å². The Kier molecular flexibility index (Phi) is 7.51. The van der Waals surface area contributed by atoms with Crippen LogP contribution in [0.4, 0.5) is 0 Å². The third-order valence-corrected chi connectivity index (χ3v) is 4.37. The zero-order valence-electron chi connectivity index (χ0n) is 15.9. The van der Waals surface area contributed by atoms with E-state index in [2.05, 4.69) is 55.4 Å². The van der Waals surface area contributed by atoms with Gasteiger partial charge in [0.25, 0.3) is 0 Å². The Bertz CT molecular complexity index is 452. The predicted octanol–water partition coefficient (Wildman–Crippen LogP) is 5.08. The maximum atomic E-state index is 5.88. The van der Waals surface area contributed by atoms with Crippen LogP contribution in [0.3, 0.4) is 0 Å². The van der Waals surface area contributed by atoms with Crippen molar-refractivity contribution < 1.29 is 22.6 Å². The summed E-state index contributed by atoms with van der Waals surface area (Å²) in [6.45, 7) is 18.6. The quantitative estimate of drug-likeness (QED) is 0.584. The fraction of sp³-hybridized carbons (Fsp3) is 0.882. The van der Waals surface area contributed by atoms with Crippen LogP contribution in [0.25, 0.3) is 0 Å². The summed E-state index contributed by atoms with van der Waals surface area (Å²) < 4.78 is 11.8. The molecule has 0 bridgehead atoms. The number of nitrogens with zero attached hydrogens (tertiary/aromatic N) is 2. The normalized spacial score (nSPS) is 24.6. The minimum absolute atomic E-state index is 0.115. The average Bonchev–Trinajstić information content (AvgIpc) is 3.08. The number of hydrogen-bond acceptors (Lipinski definition) is 4. The molecule has 0 amide bonds. The molecule has 142 valence electrons.